The molecule has 2 aromatic heterocycles. The largest absolute Gasteiger partial charge is 0.573 e. The van der Waals surface area contributed by atoms with Crippen molar-refractivity contribution in [3.05, 3.63) is 90.5 Å². The normalized spacial score (nSPS) is 15.2. The summed E-state index contributed by atoms with van der Waals surface area (Å²) in [6.45, 7) is 4.19. The molecule has 0 N–H and O–H groups in total. The van der Waals surface area contributed by atoms with Crippen LogP contribution >= 0.6 is 11.8 Å². The molecular formula is C30H23F3N6O2S. The first-order chi connectivity index (χ1) is 20.2. The summed E-state index contributed by atoms with van der Waals surface area (Å²) in [4.78, 5) is 26.4. The number of thioether (sulfide) groups is 1. The van der Waals surface area contributed by atoms with Crippen molar-refractivity contribution in [2.75, 3.05) is 5.75 Å². The molecule has 12 heteroatoms. The number of ether oxygens (including phenoxy) is 1. The van der Waals surface area contributed by atoms with Gasteiger partial charge < -0.3 is 4.74 Å². The first-order valence-electron chi connectivity index (χ1n) is 13.0. The second-order valence-electron chi connectivity index (χ2n) is 9.77. The van der Waals surface area contributed by atoms with Gasteiger partial charge >= 0.3 is 6.36 Å². The zero-order valence-electron chi connectivity index (χ0n) is 22.4. The summed E-state index contributed by atoms with van der Waals surface area (Å²) < 4.78 is 43.2. The van der Waals surface area contributed by atoms with Crippen molar-refractivity contribution < 1.29 is 22.7 Å². The molecule has 0 aliphatic carbocycles. The maximum absolute atomic E-state index is 12.6. The van der Waals surface area contributed by atoms with E-state index in [1.54, 1.807) is 17.1 Å². The molecule has 8 nitrogen and oxygen atoms in total. The highest BCUT2D eigenvalue weighted by Gasteiger charge is 2.31. The molecule has 42 heavy (non-hydrogen) atoms. The fourth-order valence-electron chi connectivity index (χ4n) is 4.65. The number of carbonyl (C=O) groups excluding carboxylic acids is 1. The number of carbonyl (C=O) groups is 1. The topological polar surface area (TPSA) is 85.0 Å². The maximum atomic E-state index is 12.6. The summed E-state index contributed by atoms with van der Waals surface area (Å²) in [6, 6.07) is 19.0. The van der Waals surface area contributed by atoms with E-state index in [9.17, 15) is 18.0 Å². The van der Waals surface area contributed by atoms with Crippen LogP contribution in [0.4, 0.5) is 18.9 Å². The number of hydrogen-bond donors (Lipinski definition) is 0. The van der Waals surface area contributed by atoms with Crippen molar-refractivity contribution in [1.29, 1.82) is 0 Å². The smallest absolute Gasteiger partial charge is 0.406 e. The van der Waals surface area contributed by atoms with E-state index in [2.05, 4.69) is 33.7 Å². The van der Waals surface area contributed by atoms with E-state index in [0.717, 1.165) is 27.5 Å². The fourth-order valence-corrected chi connectivity index (χ4v) is 5.46. The number of para-hydroxylation sites is 1. The third kappa shape index (κ3) is 5.57. The van der Waals surface area contributed by atoms with E-state index in [0.29, 0.717) is 22.1 Å². The van der Waals surface area contributed by atoms with E-state index >= 15 is 0 Å². The van der Waals surface area contributed by atoms with Gasteiger partial charge in [0.1, 0.15) is 12.1 Å². The predicted octanol–water partition coefficient (Wildman–Crippen LogP) is 7.19. The molecule has 1 aliphatic heterocycles. The molecule has 0 radical (unpaired) electrons. The van der Waals surface area contributed by atoms with Crippen LogP contribution in [0.15, 0.2) is 89.3 Å². The third-order valence-electron chi connectivity index (χ3n) is 6.61. The molecule has 0 unspecified atom stereocenters. The summed E-state index contributed by atoms with van der Waals surface area (Å²) in [7, 11) is 0. The lowest BCUT2D eigenvalue weighted by molar-refractivity contribution is -0.274. The van der Waals surface area contributed by atoms with Gasteiger partial charge in [0.25, 0.3) is 5.91 Å². The van der Waals surface area contributed by atoms with Crippen molar-refractivity contribution in [3.8, 4) is 11.4 Å². The molecule has 0 saturated carbocycles. The molecule has 5 aromatic rings. The second-order valence-corrected chi connectivity index (χ2v) is 10.7. The number of imidazole rings is 1. The van der Waals surface area contributed by atoms with Crippen molar-refractivity contribution in [2.45, 2.75) is 26.1 Å². The average Bonchev–Trinajstić information content (AvgIpc) is 3.55. The molecular weight excluding hydrogens is 565 g/mol. The molecule has 6 rings (SSSR count). The van der Waals surface area contributed by atoms with E-state index < -0.39 is 6.36 Å². The lowest BCUT2D eigenvalue weighted by atomic mass is 10.0. The van der Waals surface area contributed by atoms with Crippen LogP contribution in [0.5, 0.6) is 5.75 Å². The maximum Gasteiger partial charge on any atom is 0.573 e. The van der Waals surface area contributed by atoms with Crippen LogP contribution in [-0.2, 0) is 4.79 Å². The quantitative estimate of drug-likeness (QED) is 0.196. The number of amidine groups is 1. The molecule has 3 aromatic carbocycles. The van der Waals surface area contributed by atoms with Crippen LogP contribution in [0.1, 0.15) is 31.0 Å². The molecule has 1 fully saturated rings. The number of aliphatic imine (C=N–C) groups is 1. The van der Waals surface area contributed by atoms with Gasteiger partial charge in [-0.15, -0.1) is 13.2 Å². The highest BCUT2D eigenvalue weighted by molar-refractivity contribution is 8.15. The average molecular weight is 589 g/mol. The van der Waals surface area contributed by atoms with E-state index in [4.69, 9.17) is 4.99 Å². The van der Waals surface area contributed by atoms with Crippen molar-refractivity contribution in [3.63, 3.8) is 0 Å². The minimum Gasteiger partial charge on any atom is -0.406 e. The summed E-state index contributed by atoms with van der Waals surface area (Å²) in [5.41, 5.74) is 4.52. The minimum absolute atomic E-state index is 0.164. The van der Waals surface area contributed by atoms with E-state index in [1.807, 2.05) is 42.5 Å². The van der Waals surface area contributed by atoms with Crippen LogP contribution in [-0.4, -0.2) is 48.9 Å². The monoisotopic (exact) mass is 588 g/mol. The Morgan fingerprint density at radius 1 is 1.05 bits per heavy atom. The summed E-state index contributed by atoms with van der Waals surface area (Å²) in [6.07, 6.45) is 0.0663. The van der Waals surface area contributed by atoms with Gasteiger partial charge in [-0.3, -0.25) is 14.3 Å². The first-order valence-corrected chi connectivity index (χ1v) is 13.9. The predicted molar refractivity (Wildman–Crippen MR) is 158 cm³/mol. The van der Waals surface area contributed by atoms with Gasteiger partial charge in [-0.1, -0.05) is 49.9 Å². The standard InChI is InChI=1S/C30H23F3N6O2S/c1-18(2)23-5-3-4-6-25(23)37-29-39(27(40)16-42-29)36-14-20-13-19-7-12-26-28(24(19)15-34-20)35-17-38(26)21-8-10-22(11-9-21)41-30(31,32)33/h3-15,17-18H,16H2,1-2H3/b36-14+,37-29-. The number of rotatable bonds is 6. The zero-order valence-corrected chi connectivity index (χ0v) is 23.2. The molecule has 1 amide bonds. The Labute approximate surface area is 242 Å². The Morgan fingerprint density at radius 3 is 2.60 bits per heavy atom. The summed E-state index contributed by atoms with van der Waals surface area (Å²) in [5.74, 6) is 0.0717. The first kappa shape index (κ1) is 27.5. The molecule has 212 valence electrons. The molecule has 3 heterocycles. The Balaban J connectivity index is 1.26. The number of benzene rings is 3. The van der Waals surface area contributed by atoms with Gasteiger partial charge in [0.2, 0.25) is 0 Å². The molecule has 1 saturated heterocycles. The Hall–Kier alpha value is -4.71. The number of nitrogens with zero attached hydrogens (tertiary/aromatic N) is 6. The lowest BCUT2D eigenvalue weighted by Gasteiger charge is -2.12. The van der Waals surface area contributed by atoms with Crippen LogP contribution in [0, 0.1) is 0 Å². The number of hydrogen-bond acceptors (Lipinski definition) is 7. The number of pyridine rings is 1. The van der Waals surface area contributed by atoms with Crippen molar-refractivity contribution in [1.82, 2.24) is 19.5 Å². The summed E-state index contributed by atoms with van der Waals surface area (Å²) >= 11 is 1.34. The fraction of sp³-hybridized carbons (Fsp3) is 0.167. The highest BCUT2D eigenvalue weighted by Crippen LogP contribution is 2.31. The van der Waals surface area contributed by atoms with E-state index in [1.165, 1.54) is 47.3 Å². The number of alkyl halides is 3. The molecule has 0 spiro atoms. The second kappa shape index (κ2) is 10.9. The lowest BCUT2D eigenvalue weighted by Crippen LogP contribution is -2.24. The number of amides is 1. The number of aromatic nitrogens is 3. The minimum atomic E-state index is -4.75. The van der Waals surface area contributed by atoms with Gasteiger partial charge in [-0.05, 0) is 59.3 Å². The van der Waals surface area contributed by atoms with Gasteiger partial charge in [-0.25, -0.2) is 9.98 Å². The van der Waals surface area contributed by atoms with E-state index in [-0.39, 0.29) is 23.3 Å². The highest BCUT2D eigenvalue weighted by atomic mass is 32.2. The number of hydrazone groups is 1. The SMILES string of the molecule is CC(C)c1ccccc1/N=C1\SCC(=O)N1/N=C/c1cc2ccc3c(ncn3-c3ccc(OC(F)(F)F)cc3)c2cn1. The third-order valence-corrected chi connectivity index (χ3v) is 7.52. The Morgan fingerprint density at radius 2 is 1.83 bits per heavy atom. The van der Waals surface area contributed by atoms with Gasteiger partial charge in [0.05, 0.1) is 34.4 Å². The van der Waals surface area contributed by atoms with Crippen LogP contribution in [0.3, 0.4) is 0 Å². The molecule has 0 atom stereocenters. The number of fused-ring (bicyclic) bond motifs is 3. The number of halogens is 3. The van der Waals surface area contributed by atoms with Crippen molar-refractivity contribution >= 4 is 56.5 Å². The molecule has 0 bridgehead atoms. The molecule has 1 aliphatic rings. The van der Waals surface area contributed by atoms with Gasteiger partial charge in [0.15, 0.2) is 5.17 Å². The van der Waals surface area contributed by atoms with Crippen molar-refractivity contribution in [2.24, 2.45) is 10.1 Å². The van der Waals surface area contributed by atoms with Crippen LogP contribution < -0.4 is 4.74 Å². The van der Waals surface area contributed by atoms with Gasteiger partial charge in [-0.2, -0.15) is 10.1 Å². The van der Waals surface area contributed by atoms with Crippen LogP contribution in [0.2, 0.25) is 0 Å². The van der Waals surface area contributed by atoms with Crippen LogP contribution in [0.25, 0.3) is 27.5 Å². The Bertz CT molecular complexity index is 1870. The summed E-state index contributed by atoms with van der Waals surface area (Å²) in [5, 5.41) is 7.89. The van der Waals surface area contributed by atoms with Gasteiger partial charge in [0, 0.05) is 17.3 Å². The zero-order chi connectivity index (χ0) is 29.4. The Kier molecular flexibility index (Phi) is 7.15.